The van der Waals surface area contributed by atoms with Crippen molar-refractivity contribution in [3.8, 4) is 0 Å². The molecule has 0 aromatic carbocycles. The molecule has 0 aliphatic carbocycles. The fraction of sp³-hybridized carbons (Fsp3) is 0.600. The van der Waals surface area contributed by atoms with Crippen LogP contribution in [0.1, 0.15) is 70.2 Å². The van der Waals surface area contributed by atoms with E-state index in [1.807, 2.05) is 27.7 Å². The van der Waals surface area contributed by atoms with Crippen LogP contribution in [0.5, 0.6) is 0 Å². The molecule has 0 aliphatic rings. The van der Waals surface area contributed by atoms with Gasteiger partial charge in [0.05, 0.1) is 5.25 Å². The lowest BCUT2D eigenvalue weighted by Crippen LogP contribution is -2.38. The molecule has 3 aromatic heterocycles. The minimum Gasteiger partial charge on any atom is -0.338 e. The third-order valence-corrected chi connectivity index (χ3v) is 5.89. The van der Waals surface area contributed by atoms with Crippen molar-refractivity contribution in [2.24, 2.45) is 14.1 Å². The summed E-state index contributed by atoms with van der Waals surface area (Å²) in [5.74, 6) is 1.72. The molecule has 0 aliphatic heterocycles. The van der Waals surface area contributed by atoms with Gasteiger partial charge in [-0.2, -0.15) is 4.98 Å². The molecule has 30 heavy (non-hydrogen) atoms. The van der Waals surface area contributed by atoms with Gasteiger partial charge >= 0.3 is 5.69 Å². The molecule has 0 bridgehead atoms. The fourth-order valence-corrected chi connectivity index (χ4v) is 3.90. The second-order valence-corrected chi connectivity index (χ2v) is 9.75. The van der Waals surface area contributed by atoms with Crippen LogP contribution >= 0.6 is 11.8 Å². The Morgan fingerprint density at radius 3 is 2.43 bits per heavy atom. The maximum absolute atomic E-state index is 12.9. The van der Waals surface area contributed by atoms with Crippen LogP contribution in [0.25, 0.3) is 11.0 Å². The van der Waals surface area contributed by atoms with Crippen LogP contribution in [0.4, 0.5) is 0 Å². The maximum Gasteiger partial charge on any atom is 0.332 e. The van der Waals surface area contributed by atoms with E-state index in [2.05, 4.69) is 22.0 Å². The fourth-order valence-electron chi connectivity index (χ4n) is 2.94. The van der Waals surface area contributed by atoms with Crippen LogP contribution in [0, 0.1) is 0 Å². The zero-order valence-electron chi connectivity index (χ0n) is 18.5. The summed E-state index contributed by atoms with van der Waals surface area (Å²) in [6.45, 7) is 10.0. The van der Waals surface area contributed by atoms with Gasteiger partial charge in [-0.15, -0.1) is 0 Å². The van der Waals surface area contributed by atoms with Crippen LogP contribution in [-0.2, 0) is 25.9 Å². The molecule has 3 heterocycles. The normalized spacial score (nSPS) is 13.2. The van der Waals surface area contributed by atoms with E-state index < -0.39 is 11.2 Å². The molecule has 9 nitrogen and oxygen atoms in total. The van der Waals surface area contributed by atoms with Crippen LogP contribution in [0.3, 0.4) is 0 Å². The van der Waals surface area contributed by atoms with Gasteiger partial charge in [0.25, 0.3) is 5.56 Å². The SMILES string of the molecule is CCCCc1noc([C@@H](C)Sc2nc(C(C)(C)C)nc3c2c(=O)n(C)c(=O)n3C)n1. The molecule has 0 N–H and O–H groups in total. The Hall–Kier alpha value is -2.49. The number of thioether (sulfide) groups is 1. The van der Waals surface area contributed by atoms with Crippen LogP contribution in [0.2, 0.25) is 0 Å². The molecular formula is C20H28N6O3S. The lowest BCUT2D eigenvalue weighted by atomic mass is 9.96. The number of aromatic nitrogens is 6. The molecule has 3 aromatic rings. The Morgan fingerprint density at radius 2 is 1.80 bits per heavy atom. The average Bonchev–Trinajstić information content (AvgIpc) is 3.17. The van der Waals surface area contributed by atoms with Gasteiger partial charge in [0.1, 0.15) is 16.2 Å². The molecule has 0 amide bonds. The minimum atomic E-state index is -0.424. The van der Waals surface area contributed by atoms with Crippen molar-refractivity contribution in [1.82, 2.24) is 29.2 Å². The number of hydrogen-bond acceptors (Lipinski definition) is 8. The first kappa shape index (κ1) is 22.2. The molecule has 0 spiro atoms. The maximum atomic E-state index is 12.9. The highest BCUT2D eigenvalue weighted by molar-refractivity contribution is 7.99. The highest BCUT2D eigenvalue weighted by atomic mass is 32.2. The summed E-state index contributed by atoms with van der Waals surface area (Å²) in [4.78, 5) is 39.1. The zero-order chi connectivity index (χ0) is 22.2. The number of nitrogens with zero attached hydrogens (tertiary/aromatic N) is 6. The summed E-state index contributed by atoms with van der Waals surface area (Å²) in [6, 6.07) is 0. The van der Waals surface area contributed by atoms with Gasteiger partial charge in [0, 0.05) is 25.9 Å². The van der Waals surface area contributed by atoms with Crippen molar-refractivity contribution in [3.63, 3.8) is 0 Å². The lowest BCUT2D eigenvalue weighted by Gasteiger charge is -2.20. The van der Waals surface area contributed by atoms with Crippen molar-refractivity contribution in [3.05, 3.63) is 38.4 Å². The third-order valence-electron chi connectivity index (χ3n) is 4.81. The van der Waals surface area contributed by atoms with Crippen molar-refractivity contribution in [2.45, 2.75) is 69.6 Å². The Bertz CT molecular complexity index is 1190. The lowest BCUT2D eigenvalue weighted by molar-refractivity contribution is 0.374. The number of aryl methyl sites for hydroxylation is 2. The van der Waals surface area contributed by atoms with E-state index in [9.17, 15) is 9.59 Å². The number of unbranched alkanes of at least 4 members (excludes halogenated alkanes) is 1. The number of fused-ring (bicyclic) bond motifs is 1. The molecular weight excluding hydrogens is 404 g/mol. The van der Waals surface area contributed by atoms with E-state index in [1.54, 1.807) is 7.05 Å². The van der Waals surface area contributed by atoms with Gasteiger partial charge in [-0.3, -0.25) is 13.9 Å². The van der Waals surface area contributed by atoms with Crippen molar-refractivity contribution < 1.29 is 4.52 Å². The Kier molecular flexibility index (Phi) is 6.16. The summed E-state index contributed by atoms with van der Waals surface area (Å²) >= 11 is 1.35. The van der Waals surface area contributed by atoms with Gasteiger partial charge in [-0.25, -0.2) is 14.8 Å². The summed E-state index contributed by atoms with van der Waals surface area (Å²) in [6.07, 6.45) is 2.82. The molecule has 162 valence electrons. The van der Waals surface area contributed by atoms with Crippen LogP contribution in [-0.4, -0.2) is 29.2 Å². The highest BCUT2D eigenvalue weighted by Crippen LogP contribution is 2.36. The molecule has 3 rings (SSSR count). The number of rotatable bonds is 6. The van der Waals surface area contributed by atoms with Crippen LogP contribution in [0.15, 0.2) is 19.1 Å². The Labute approximate surface area is 178 Å². The van der Waals surface area contributed by atoms with Gasteiger partial charge in [0.15, 0.2) is 11.5 Å². The topological polar surface area (TPSA) is 109 Å². The molecule has 0 unspecified atom stereocenters. The zero-order valence-corrected chi connectivity index (χ0v) is 19.3. The Morgan fingerprint density at radius 1 is 1.10 bits per heavy atom. The van der Waals surface area contributed by atoms with Gasteiger partial charge in [-0.1, -0.05) is 51.0 Å². The predicted octanol–water partition coefficient (Wildman–Crippen LogP) is 2.90. The summed E-state index contributed by atoms with van der Waals surface area (Å²) in [5.41, 5.74) is -0.876. The van der Waals surface area contributed by atoms with Crippen LogP contribution < -0.4 is 11.2 Å². The van der Waals surface area contributed by atoms with E-state index in [0.29, 0.717) is 33.6 Å². The third kappa shape index (κ3) is 4.19. The quantitative estimate of drug-likeness (QED) is 0.432. The van der Waals surface area contributed by atoms with Gasteiger partial charge < -0.3 is 4.52 Å². The first-order valence-electron chi connectivity index (χ1n) is 10.0. The highest BCUT2D eigenvalue weighted by Gasteiger charge is 2.26. The van der Waals surface area contributed by atoms with Crippen molar-refractivity contribution in [1.29, 1.82) is 0 Å². The number of hydrogen-bond donors (Lipinski definition) is 0. The standard InChI is InChI=1S/C20H28N6O3S/c1-8-9-10-12-21-15(29-24-12)11(2)30-16-13-14(22-18(23-16)20(3,4)5)25(6)19(28)26(7)17(13)27/h11H,8-10H2,1-7H3/t11-/m1/s1. The van der Waals surface area contributed by atoms with Gasteiger partial charge in [0.2, 0.25) is 5.89 Å². The molecule has 0 saturated carbocycles. The molecule has 0 fully saturated rings. The largest absolute Gasteiger partial charge is 0.338 e. The molecule has 0 radical (unpaired) electrons. The average molecular weight is 433 g/mol. The van der Waals surface area contributed by atoms with E-state index in [4.69, 9.17) is 9.51 Å². The summed E-state index contributed by atoms with van der Waals surface area (Å²) in [7, 11) is 3.07. The predicted molar refractivity (Wildman–Crippen MR) is 116 cm³/mol. The van der Waals surface area contributed by atoms with E-state index in [0.717, 1.165) is 23.8 Å². The van der Waals surface area contributed by atoms with Gasteiger partial charge in [-0.05, 0) is 13.3 Å². The van der Waals surface area contributed by atoms with Crippen molar-refractivity contribution >= 4 is 22.8 Å². The van der Waals surface area contributed by atoms with Crippen molar-refractivity contribution in [2.75, 3.05) is 0 Å². The molecule has 1 atom stereocenters. The molecule has 0 saturated heterocycles. The van der Waals surface area contributed by atoms with E-state index in [1.165, 1.54) is 23.4 Å². The summed E-state index contributed by atoms with van der Waals surface area (Å²) in [5, 5.41) is 4.64. The second kappa shape index (κ2) is 8.33. The Balaban J connectivity index is 2.13. The second-order valence-electron chi connectivity index (χ2n) is 8.42. The van der Waals surface area contributed by atoms with E-state index >= 15 is 0 Å². The molecule has 10 heteroatoms. The smallest absolute Gasteiger partial charge is 0.332 e. The summed E-state index contributed by atoms with van der Waals surface area (Å²) < 4.78 is 7.90. The first-order valence-corrected chi connectivity index (χ1v) is 10.9. The minimum absolute atomic E-state index is 0.222. The monoisotopic (exact) mass is 432 g/mol. The first-order chi connectivity index (χ1) is 14.0. The van der Waals surface area contributed by atoms with E-state index in [-0.39, 0.29) is 10.7 Å².